The van der Waals surface area contributed by atoms with Crippen molar-refractivity contribution in [2.45, 2.75) is 38.6 Å². The van der Waals surface area contributed by atoms with Crippen LogP contribution in [-0.4, -0.2) is 33.0 Å². The lowest BCUT2D eigenvalue weighted by atomic mass is 9.97. The van der Waals surface area contributed by atoms with E-state index >= 15 is 0 Å². The number of aromatic nitrogens is 3. The van der Waals surface area contributed by atoms with Crippen molar-refractivity contribution < 1.29 is 27.1 Å². The summed E-state index contributed by atoms with van der Waals surface area (Å²) < 4.78 is 58.0. The molecular weight excluding hydrogens is 440 g/mol. The van der Waals surface area contributed by atoms with E-state index in [1.165, 1.54) is 24.5 Å². The average Bonchev–Trinajstić information content (AvgIpc) is 3.05. The zero-order chi connectivity index (χ0) is 23.3. The third-order valence-electron chi connectivity index (χ3n) is 6.66. The van der Waals surface area contributed by atoms with Crippen molar-refractivity contribution in [2.24, 2.45) is 23.7 Å². The molecule has 1 N–H and O–H groups in total. The lowest BCUT2D eigenvalue weighted by Gasteiger charge is -2.20. The number of ether oxygens (including phenoxy) is 1. The maximum absolute atomic E-state index is 13.7. The lowest BCUT2D eigenvalue weighted by Crippen LogP contribution is -2.25. The van der Waals surface area contributed by atoms with Crippen molar-refractivity contribution in [3.8, 4) is 5.75 Å². The van der Waals surface area contributed by atoms with Crippen molar-refractivity contribution in [1.29, 1.82) is 0 Å². The molecule has 174 valence electrons. The average molecular weight is 462 g/mol. The summed E-state index contributed by atoms with van der Waals surface area (Å²) in [7, 11) is 0. The van der Waals surface area contributed by atoms with Crippen LogP contribution in [0.3, 0.4) is 0 Å². The first-order valence-electron chi connectivity index (χ1n) is 10.8. The molecule has 2 saturated carbocycles. The molecule has 33 heavy (non-hydrogen) atoms. The number of benzene rings is 1. The third-order valence-corrected chi connectivity index (χ3v) is 6.66. The quantitative estimate of drug-likeness (QED) is 0.534. The van der Waals surface area contributed by atoms with Gasteiger partial charge < -0.3 is 10.1 Å². The minimum atomic E-state index is -4.37. The monoisotopic (exact) mass is 462 g/mol. The second-order valence-corrected chi connectivity index (χ2v) is 8.91. The highest BCUT2D eigenvalue weighted by Crippen LogP contribution is 2.61. The summed E-state index contributed by atoms with van der Waals surface area (Å²) >= 11 is 0. The molecule has 2 fully saturated rings. The predicted octanol–water partition coefficient (Wildman–Crippen LogP) is 4.81. The number of nitrogens with zero attached hydrogens (tertiary/aromatic N) is 3. The zero-order valence-corrected chi connectivity index (χ0v) is 17.7. The van der Waals surface area contributed by atoms with Crippen LogP contribution in [0.15, 0.2) is 42.9 Å². The minimum absolute atomic E-state index is 0.0130. The number of hydrogen-bond donors (Lipinski definition) is 1. The number of halogens is 4. The highest BCUT2D eigenvalue weighted by atomic mass is 19.4. The Hall–Kier alpha value is -3.17. The van der Waals surface area contributed by atoms with Crippen LogP contribution in [0.2, 0.25) is 0 Å². The molecule has 3 unspecified atom stereocenters. The third kappa shape index (κ3) is 4.51. The Bertz CT molecular complexity index is 1180. The van der Waals surface area contributed by atoms with Gasteiger partial charge in [-0.1, -0.05) is 6.92 Å². The van der Waals surface area contributed by atoms with E-state index in [-0.39, 0.29) is 35.4 Å². The minimum Gasteiger partial charge on any atom is -0.490 e. The molecule has 0 radical (unpaired) electrons. The first-order valence-corrected chi connectivity index (χ1v) is 10.8. The smallest absolute Gasteiger partial charge is 0.408 e. The highest BCUT2D eigenvalue weighted by molar-refractivity contribution is 5.92. The van der Waals surface area contributed by atoms with Gasteiger partial charge in [0.1, 0.15) is 18.1 Å². The first-order chi connectivity index (χ1) is 15.7. The number of fused-ring (bicyclic) bond motifs is 2. The first kappa shape index (κ1) is 21.7. The van der Waals surface area contributed by atoms with Gasteiger partial charge in [-0.3, -0.25) is 14.5 Å². The van der Waals surface area contributed by atoms with E-state index in [0.29, 0.717) is 28.5 Å². The molecule has 0 saturated heterocycles. The lowest BCUT2D eigenvalue weighted by molar-refractivity contribution is -0.142. The van der Waals surface area contributed by atoms with Crippen LogP contribution in [0.4, 0.5) is 23.2 Å². The standard InChI is InChI=1S/C23H22F4N4O2/c1-12(22(32)30-14-9-29-31(10-14)11-23(25,26)27)21-16-7-15(8-17(16)21)33-20-4-5-28-19-3-2-13(24)6-18(19)20/h2-6,9-10,12,15-17,21H,7-8,11H2,1H3,(H,30,32)/t12?,15?,16-,17+,21?. The molecule has 2 heterocycles. The molecule has 5 atom stereocenters. The number of pyridine rings is 1. The zero-order valence-electron chi connectivity index (χ0n) is 17.7. The van der Waals surface area contributed by atoms with Gasteiger partial charge in [-0.15, -0.1) is 0 Å². The van der Waals surface area contributed by atoms with Crippen LogP contribution < -0.4 is 10.1 Å². The molecule has 6 nitrogen and oxygen atoms in total. The summed E-state index contributed by atoms with van der Waals surface area (Å²) in [6.07, 6.45) is 1.25. The van der Waals surface area contributed by atoms with Crippen molar-refractivity contribution in [1.82, 2.24) is 14.8 Å². The fourth-order valence-electron chi connectivity index (χ4n) is 5.18. The van der Waals surface area contributed by atoms with Gasteiger partial charge in [0.25, 0.3) is 0 Å². The van der Waals surface area contributed by atoms with Gasteiger partial charge in [-0.25, -0.2) is 4.39 Å². The molecule has 0 bridgehead atoms. The van der Waals surface area contributed by atoms with E-state index in [1.807, 2.05) is 6.92 Å². The van der Waals surface area contributed by atoms with Crippen LogP contribution in [-0.2, 0) is 11.3 Å². The summed E-state index contributed by atoms with van der Waals surface area (Å²) in [5.41, 5.74) is 0.915. The molecule has 0 aliphatic heterocycles. The summed E-state index contributed by atoms with van der Waals surface area (Å²) in [5, 5.41) is 6.95. The fraction of sp³-hybridized carbons (Fsp3) is 0.435. The van der Waals surface area contributed by atoms with E-state index < -0.39 is 12.7 Å². The molecule has 5 rings (SSSR count). The highest BCUT2D eigenvalue weighted by Gasteiger charge is 2.59. The number of nitrogens with one attached hydrogen (secondary N) is 1. The second kappa shape index (κ2) is 8.00. The Labute approximate surface area is 186 Å². The molecule has 1 amide bonds. The number of amides is 1. The number of carbonyl (C=O) groups is 1. The van der Waals surface area contributed by atoms with Crippen LogP contribution in [0.1, 0.15) is 19.8 Å². The Balaban J connectivity index is 1.16. The Morgan fingerprint density at radius 3 is 2.76 bits per heavy atom. The molecule has 2 aliphatic carbocycles. The maximum Gasteiger partial charge on any atom is 0.408 e. The largest absolute Gasteiger partial charge is 0.490 e. The van der Waals surface area contributed by atoms with Gasteiger partial charge in [0.15, 0.2) is 0 Å². The van der Waals surface area contributed by atoms with E-state index in [9.17, 15) is 22.4 Å². The molecule has 2 aliphatic rings. The molecular formula is C23H22F4N4O2. The number of hydrogen-bond acceptors (Lipinski definition) is 4. The molecule has 10 heteroatoms. The van der Waals surface area contributed by atoms with E-state index in [0.717, 1.165) is 17.5 Å². The van der Waals surface area contributed by atoms with Gasteiger partial charge in [0, 0.05) is 23.7 Å². The number of anilines is 1. The molecule has 1 aromatic carbocycles. The van der Waals surface area contributed by atoms with E-state index in [2.05, 4.69) is 15.4 Å². The normalized spacial score (nSPS) is 25.0. The van der Waals surface area contributed by atoms with Crippen molar-refractivity contribution in [2.75, 3.05) is 5.32 Å². The summed E-state index contributed by atoms with van der Waals surface area (Å²) in [4.78, 5) is 16.9. The van der Waals surface area contributed by atoms with Crippen molar-refractivity contribution >= 4 is 22.5 Å². The Morgan fingerprint density at radius 1 is 1.27 bits per heavy atom. The number of carbonyl (C=O) groups excluding carboxylic acids is 1. The summed E-state index contributed by atoms with van der Waals surface area (Å²) in [6.45, 7) is 0.638. The second-order valence-electron chi connectivity index (χ2n) is 8.91. The van der Waals surface area contributed by atoms with Gasteiger partial charge >= 0.3 is 6.18 Å². The molecule has 3 aromatic rings. The van der Waals surface area contributed by atoms with Crippen LogP contribution in [0.25, 0.3) is 10.9 Å². The Morgan fingerprint density at radius 2 is 2.03 bits per heavy atom. The molecule has 0 spiro atoms. The van der Waals surface area contributed by atoms with Gasteiger partial charge in [-0.2, -0.15) is 18.3 Å². The van der Waals surface area contributed by atoms with Crippen LogP contribution in [0, 0.1) is 29.5 Å². The summed E-state index contributed by atoms with van der Waals surface area (Å²) in [5.74, 6) is 0.669. The number of rotatable bonds is 6. The number of alkyl halides is 3. The van der Waals surface area contributed by atoms with E-state index in [4.69, 9.17) is 4.74 Å². The topological polar surface area (TPSA) is 69.0 Å². The molecule has 2 aromatic heterocycles. The van der Waals surface area contributed by atoms with Gasteiger partial charge in [-0.05, 0) is 54.9 Å². The predicted molar refractivity (Wildman–Crippen MR) is 112 cm³/mol. The van der Waals surface area contributed by atoms with Crippen LogP contribution >= 0.6 is 0 Å². The van der Waals surface area contributed by atoms with Crippen molar-refractivity contribution in [3.63, 3.8) is 0 Å². The SMILES string of the molecule is CC(C(=O)Nc1cnn(CC(F)(F)F)c1)C1[C@H]2CC(Oc3ccnc4ccc(F)cc34)C[C@@H]12. The van der Waals surface area contributed by atoms with Gasteiger partial charge in [0.2, 0.25) is 5.91 Å². The van der Waals surface area contributed by atoms with Crippen molar-refractivity contribution in [3.05, 3.63) is 48.7 Å². The van der Waals surface area contributed by atoms with Crippen LogP contribution in [0.5, 0.6) is 5.75 Å². The van der Waals surface area contributed by atoms with E-state index in [1.54, 1.807) is 18.3 Å². The fourth-order valence-corrected chi connectivity index (χ4v) is 5.18. The van der Waals surface area contributed by atoms with Gasteiger partial charge in [0.05, 0.1) is 23.5 Å². The Kier molecular flexibility index (Phi) is 5.25. The summed E-state index contributed by atoms with van der Waals surface area (Å²) in [6, 6.07) is 6.13. The maximum atomic E-state index is 13.7.